The van der Waals surface area contributed by atoms with Gasteiger partial charge in [0.15, 0.2) is 0 Å². The van der Waals surface area contributed by atoms with E-state index in [1.807, 2.05) is 13.0 Å². The smallest absolute Gasteiger partial charge is 0.139 e. The molecule has 72 valence electrons. The molecule has 1 nitrogen and oxygen atoms in total. The number of hydrogen-bond donors (Lipinski definition) is 0. The Balaban J connectivity index is 3.05. The lowest BCUT2D eigenvalue weighted by Crippen LogP contribution is -1.93. The van der Waals surface area contributed by atoms with Gasteiger partial charge in [-0.3, -0.25) is 0 Å². The molecule has 0 unspecified atom stereocenters. The number of ether oxygens (including phenoxy) is 1. The van der Waals surface area contributed by atoms with Gasteiger partial charge in [0.25, 0.3) is 0 Å². The number of rotatable bonds is 3. The van der Waals surface area contributed by atoms with Crippen LogP contribution in [0.4, 0.5) is 0 Å². The van der Waals surface area contributed by atoms with E-state index in [-0.39, 0.29) is 0 Å². The van der Waals surface area contributed by atoms with Crippen LogP contribution in [0.3, 0.4) is 0 Å². The predicted molar refractivity (Wildman–Crippen MR) is 60.3 cm³/mol. The van der Waals surface area contributed by atoms with Gasteiger partial charge in [0.1, 0.15) is 5.75 Å². The molecule has 0 aliphatic heterocycles. The van der Waals surface area contributed by atoms with Crippen molar-refractivity contribution in [2.45, 2.75) is 12.3 Å². The molecule has 0 radical (unpaired) electrons. The Morgan fingerprint density at radius 2 is 2.00 bits per heavy atom. The van der Waals surface area contributed by atoms with Crippen molar-refractivity contribution in [2.75, 3.05) is 6.61 Å². The Hall–Kier alpha value is 0.0800. The zero-order valence-electron chi connectivity index (χ0n) is 7.11. The molecule has 13 heavy (non-hydrogen) atoms. The molecule has 0 aliphatic carbocycles. The van der Waals surface area contributed by atoms with Crippen LogP contribution < -0.4 is 4.74 Å². The lowest BCUT2D eigenvalue weighted by molar-refractivity contribution is 0.340. The summed E-state index contributed by atoms with van der Waals surface area (Å²) >= 11 is 15.2. The third-order valence-electron chi connectivity index (χ3n) is 1.54. The first-order chi connectivity index (χ1) is 6.19. The lowest BCUT2D eigenvalue weighted by atomic mass is 10.2. The molecule has 0 spiro atoms. The lowest BCUT2D eigenvalue weighted by Gasteiger charge is -2.08. The van der Waals surface area contributed by atoms with E-state index in [1.54, 1.807) is 6.07 Å². The van der Waals surface area contributed by atoms with Gasteiger partial charge in [0.2, 0.25) is 0 Å². The van der Waals surface area contributed by atoms with E-state index in [0.717, 1.165) is 5.56 Å². The van der Waals surface area contributed by atoms with E-state index in [0.29, 0.717) is 27.7 Å². The predicted octanol–water partition coefficient (Wildman–Crippen LogP) is 4.29. The Bertz CT molecular complexity index is 302. The topological polar surface area (TPSA) is 9.23 Å². The van der Waals surface area contributed by atoms with Crippen LogP contribution in [0.25, 0.3) is 0 Å². The molecule has 0 atom stereocenters. The fraction of sp³-hybridized carbons (Fsp3) is 0.333. The summed E-state index contributed by atoms with van der Waals surface area (Å²) in [6.45, 7) is 2.49. The Labute approximate surface area is 96.1 Å². The molecule has 4 heteroatoms. The summed E-state index contributed by atoms with van der Waals surface area (Å²) in [4.78, 5) is 0. The standard InChI is InChI=1S/C9H9BrCl2O/c1-2-13-9-4-7(11)6(5-10)3-8(9)12/h3-4H,2,5H2,1H3. The van der Waals surface area contributed by atoms with Crippen LogP contribution in [-0.4, -0.2) is 6.61 Å². The summed E-state index contributed by atoms with van der Waals surface area (Å²) in [6.07, 6.45) is 0. The molecule has 1 aromatic rings. The summed E-state index contributed by atoms with van der Waals surface area (Å²) in [5.74, 6) is 0.638. The first-order valence-corrected chi connectivity index (χ1v) is 5.73. The number of halogens is 3. The monoisotopic (exact) mass is 282 g/mol. The summed E-state index contributed by atoms with van der Waals surface area (Å²) in [5, 5.41) is 1.96. The van der Waals surface area contributed by atoms with E-state index >= 15 is 0 Å². The normalized spacial score (nSPS) is 10.2. The number of benzene rings is 1. The fourth-order valence-corrected chi connectivity index (χ4v) is 2.02. The van der Waals surface area contributed by atoms with E-state index in [4.69, 9.17) is 27.9 Å². The average Bonchev–Trinajstić information content (AvgIpc) is 2.11. The van der Waals surface area contributed by atoms with Crippen LogP contribution >= 0.6 is 39.1 Å². The first-order valence-electron chi connectivity index (χ1n) is 3.85. The molecular formula is C9H9BrCl2O. The second-order valence-corrected chi connectivity index (χ2v) is 3.82. The van der Waals surface area contributed by atoms with E-state index in [1.165, 1.54) is 0 Å². The van der Waals surface area contributed by atoms with Crippen LogP contribution in [-0.2, 0) is 5.33 Å². The molecule has 0 amide bonds. The minimum absolute atomic E-state index is 0.587. The van der Waals surface area contributed by atoms with Crippen molar-refractivity contribution >= 4 is 39.1 Å². The molecule has 0 fully saturated rings. The number of alkyl halides is 1. The van der Waals surface area contributed by atoms with Crippen molar-refractivity contribution in [3.05, 3.63) is 27.7 Å². The van der Waals surface area contributed by atoms with E-state index < -0.39 is 0 Å². The Kier molecular flexibility index (Phi) is 4.36. The molecule has 1 aromatic carbocycles. The second kappa shape index (κ2) is 5.08. The van der Waals surface area contributed by atoms with Gasteiger partial charge in [0.05, 0.1) is 11.6 Å². The van der Waals surface area contributed by atoms with Gasteiger partial charge in [-0.2, -0.15) is 0 Å². The van der Waals surface area contributed by atoms with Crippen LogP contribution in [0.1, 0.15) is 12.5 Å². The van der Waals surface area contributed by atoms with Crippen molar-refractivity contribution in [3.63, 3.8) is 0 Å². The maximum atomic E-state index is 5.97. The van der Waals surface area contributed by atoms with Gasteiger partial charge in [-0.05, 0) is 18.6 Å². The molecule has 1 rings (SSSR count). The molecule has 0 saturated carbocycles. The highest BCUT2D eigenvalue weighted by Crippen LogP contribution is 2.32. The fourth-order valence-electron chi connectivity index (χ4n) is 0.938. The highest BCUT2D eigenvalue weighted by atomic mass is 79.9. The van der Waals surface area contributed by atoms with E-state index in [9.17, 15) is 0 Å². The van der Waals surface area contributed by atoms with Gasteiger partial charge in [-0.25, -0.2) is 0 Å². The average molecular weight is 284 g/mol. The van der Waals surface area contributed by atoms with Gasteiger partial charge < -0.3 is 4.74 Å². The van der Waals surface area contributed by atoms with Gasteiger partial charge in [-0.1, -0.05) is 39.1 Å². The maximum Gasteiger partial charge on any atom is 0.139 e. The van der Waals surface area contributed by atoms with Gasteiger partial charge in [0, 0.05) is 16.4 Å². The molecule has 0 saturated heterocycles. The van der Waals surface area contributed by atoms with Crippen LogP contribution in [0, 0.1) is 0 Å². The van der Waals surface area contributed by atoms with Gasteiger partial charge in [-0.15, -0.1) is 0 Å². The minimum atomic E-state index is 0.587. The third-order valence-corrected chi connectivity index (χ3v) is 2.80. The summed E-state index contributed by atoms with van der Waals surface area (Å²) in [5.41, 5.74) is 0.968. The summed E-state index contributed by atoms with van der Waals surface area (Å²) in [7, 11) is 0. The quantitative estimate of drug-likeness (QED) is 0.752. The van der Waals surface area contributed by atoms with E-state index in [2.05, 4.69) is 15.9 Å². The molecule has 0 heterocycles. The Morgan fingerprint density at radius 1 is 1.31 bits per heavy atom. The van der Waals surface area contributed by atoms with Crippen molar-refractivity contribution in [2.24, 2.45) is 0 Å². The molecule has 0 aliphatic rings. The van der Waals surface area contributed by atoms with Crippen molar-refractivity contribution in [3.8, 4) is 5.75 Å². The van der Waals surface area contributed by atoms with Crippen molar-refractivity contribution in [1.29, 1.82) is 0 Å². The van der Waals surface area contributed by atoms with Crippen LogP contribution in [0.2, 0.25) is 10.0 Å². The largest absolute Gasteiger partial charge is 0.492 e. The first kappa shape index (κ1) is 11.2. The minimum Gasteiger partial charge on any atom is -0.492 e. The highest BCUT2D eigenvalue weighted by Gasteiger charge is 2.06. The third kappa shape index (κ3) is 2.76. The van der Waals surface area contributed by atoms with Gasteiger partial charge >= 0.3 is 0 Å². The summed E-state index contributed by atoms with van der Waals surface area (Å²) < 4.78 is 5.29. The zero-order valence-corrected chi connectivity index (χ0v) is 10.2. The molecule has 0 aromatic heterocycles. The maximum absolute atomic E-state index is 5.97. The molecule has 0 bridgehead atoms. The highest BCUT2D eigenvalue weighted by molar-refractivity contribution is 9.08. The van der Waals surface area contributed by atoms with Crippen molar-refractivity contribution in [1.82, 2.24) is 0 Å². The second-order valence-electron chi connectivity index (χ2n) is 2.44. The SMILES string of the molecule is CCOc1cc(Cl)c(CBr)cc1Cl. The molecular weight excluding hydrogens is 275 g/mol. The number of hydrogen-bond acceptors (Lipinski definition) is 1. The van der Waals surface area contributed by atoms with Crippen molar-refractivity contribution < 1.29 is 4.74 Å². The summed E-state index contributed by atoms with van der Waals surface area (Å²) in [6, 6.07) is 3.55. The Morgan fingerprint density at radius 3 is 2.54 bits per heavy atom. The zero-order chi connectivity index (χ0) is 9.84. The molecule has 0 N–H and O–H groups in total. The van der Waals surface area contributed by atoms with Crippen LogP contribution in [0.5, 0.6) is 5.75 Å². The van der Waals surface area contributed by atoms with Crippen LogP contribution in [0.15, 0.2) is 12.1 Å².